The molecule has 170 valence electrons. The topological polar surface area (TPSA) is 58.6 Å². The Bertz CT molecular complexity index is 1440. The molecule has 3 aromatic heterocycles. The number of nitrogens with zero attached hydrogens (tertiary/aromatic N) is 2. The fourth-order valence-electron chi connectivity index (χ4n) is 3.99. The molecule has 5 rings (SSSR count). The molecule has 5 nitrogen and oxygen atoms in total. The van der Waals surface area contributed by atoms with Crippen LogP contribution in [0.3, 0.4) is 0 Å². The van der Waals surface area contributed by atoms with E-state index >= 15 is 0 Å². The zero-order chi connectivity index (χ0) is 23.2. The first-order valence-corrected chi connectivity index (χ1v) is 16.3. The Hall–Kier alpha value is -2.13. The summed E-state index contributed by atoms with van der Waals surface area (Å²) in [5, 5.41) is 2.29. The highest BCUT2D eigenvalue weighted by Crippen LogP contribution is 2.34. The molecule has 5 aromatic rings. The smallest absolute Gasteiger partial charge is 0.144 e. The number of halogens is 2. The van der Waals surface area contributed by atoms with E-state index in [1.807, 2.05) is 12.4 Å². The van der Waals surface area contributed by atoms with Crippen molar-refractivity contribution in [3.05, 3.63) is 63.9 Å². The van der Waals surface area contributed by atoms with Crippen molar-refractivity contribution in [3.8, 4) is 22.6 Å². The van der Waals surface area contributed by atoms with Crippen LogP contribution in [0.2, 0.25) is 25.7 Å². The molecule has 0 bridgehead atoms. The van der Waals surface area contributed by atoms with Gasteiger partial charge in [-0.1, -0.05) is 63.6 Å². The molecule has 0 aliphatic carbocycles. The van der Waals surface area contributed by atoms with E-state index in [1.54, 1.807) is 0 Å². The second-order valence-electron chi connectivity index (χ2n) is 9.55. The van der Waals surface area contributed by atoms with E-state index in [2.05, 4.69) is 109 Å². The summed E-state index contributed by atoms with van der Waals surface area (Å²) >= 11 is 7.12. The van der Waals surface area contributed by atoms with Crippen molar-refractivity contribution >= 4 is 61.7 Å². The first kappa shape index (κ1) is 22.6. The number of imidazole rings is 1. The van der Waals surface area contributed by atoms with Gasteiger partial charge in [-0.2, -0.15) is 0 Å². The van der Waals surface area contributed by atoms with Crippen molar-refractivity contribution in [2.75, 3.05) is 6.61 Å². The molecule has 0 fully saturated rings. The van der Waals surface area contributed by atoms with Crippen LogP contribution in [-0.2, 0) is 11.5 Å². The molecule has 0 radical (unpaired) electrons. The Morgan fingerprint density at radius 3 is 2.15 bits per heavy atom. The van der Waals surface area contributed by atoms with Gasteiger partial charge in [0.15, 0.2) is 0 Å². The fourth-order valence-corrected chi connectivity index (χ4v) is 5.47. The number of aromatic nitrogens is 4. The SMILES string of the molecule is C[Si](C)(C)CCOCn1cc(-c2c[nH]c3cc(Br)ccc23)nc1-c1c[nH]c2cc(Br)ccc12. The molecule has 0 atom stereocenters. The van der Waals surface area contributed by atoms with Gasteiger partial charge in [-0.25, -0.2) is 4.98 Å². The average molecular weight is 586 g/mol. The van der Waals surface area contributed by atoms with Crippen molar-refractivity contribution in [3.63, 3.8) is 0 Å². The Morgan fingerprint density at radius 1 is 0.909 bits per heavy atom. The standard InChI is InChI=1S/C25H26Br2N4OSi/c1-33(2,3)9-8-32-15-31-14-24(20-12-28-22-10-16(26)4-6-18(20)22)30-25(31)21-13-29-23-11-17(27)5-7-19(21)23/h4-7,10-14,28-29H,8-9,15H2,1-3H3. The molecule has 8 heteroatoms. The summed E-state index contributed by atoms with van der Waals surface area (Å²) in [4.78, 5) is 11.9. The monoisotopic (exact) mass is 584 g/mol. The van der Waals surface area contributed by atoms with Gasteiger partial charge in [-0.05, 0) is 30.3 Å². The van der Waals surface area contributed by atoms with E-state index in [0.29, 0.717) is 6.73 Å². The zero-order valence-corrected chi connectivity index (χ0v) is 23.0. The number of fused-ring (bicyclic) bond motifs is 2. The third kappa shape index (κ3) is 4.75. The second-order valence-corrected chi connectivity index (χ2v) is 17.0. The van der Waals surface area contributed by atoms with Crippen molar-refractivity contribution in [1.82, 2.24) is 19.5 Å². The first-order valence-electron chi connectivity index (χ1n) is 11.0. The van der Waals surface area contributed by atoms with Crippen LogP contribution >= 0.6 is 31.9 Å². The molecule has 0 unspecified atom stereocenters. The number of hydrogen-bond acceptors (Lipinski definition) is 2. The lowest BCUT2D eigenvalue weighted by atomic mass is 10.1. The van der Waals surface area contributed by atoms with Crippen LogP contribution in [0.4, 0.5) is 0 Å². The number of rotatable bonds is 7. The summed E-state index contributed by atoms with van der Waals surface area (Å²) in [5.41, 5.74) is 5.24. The van der Waals surface area contributed by atoms with E-state index in [0.717, 1.165) is 66.0 Å². The minimum Gasteiger partial charge on any atom is -0.361 e. The van der Waals surface area contributed by atoms with Gasteiger partial charge in [0.1, 0.15) is 12.6 Å². The molecular formula is C25H26Br2N4OSi. The molecule has 0 amide bonds. The highest BCUT2D eigenvalue weighted by atomic mass is 79.9. The minimum absolute atomic E-state index is 0.476. The normalized spacial score (nSPS) is 12.3. The van der Waals surface area contributed by atoms with Gasteiger partial charge in [0, 0.05) is 75.1 Å². The van der Waals surface area contributed by atoms with Crippen LogP contribution in [0, 0.1) is 0 Å². The zero-order valence-electron chi connectivity index (χ0n) is 18.9. The summed E-state index contributed by atoms with van der Waals surface area (Å²) in [7, 11) is -1.14. The van der Waals surface area contributed by atoms with Crippen LogP contribution in [-0.4, -0.2) is 34.2 Å². The summed E-state index contributed by atoms with van der Waals surface area (Å²) in [6.07, 6.45) is 6.17. The third-order valence-electron chi connectivity index (χ3n) is 5.81. The van der Waals surface area contributed by atoms with Gasteiger partial charge in [-0.3, -0.25) is 0 Å². The van der Waals surface area contributed by atoms with Gasteiger partial charge < -0.3 is 19.3 Å². The molecule has 0 aliphatic heterocycles. The first-order chi connectivity index (χ1) is 15.8. The van der Waals surface area contributed by atoms with E-state index < -0.39 is 8.07 Å². The summed E-state index contributed by atoms with van der Waals surface area (Å²) in [6, 6.07) is 13.7. The lowest BCUT2D eigenvalue weighted by molar-refractivity contribution is 0.0883. The highest BCUT2D eigenvalue weighted by molar-refractivity contribution is 9.10. The van der Waals surface area contributed by atoms with E-state index in [-0.39, 0.29) is 0 Å². The number of aromatic amines is 2. The Morgan fingerprint density at radius 2 is 1.52 bits per heavy atom. The molecule has 33 heavy (non-hydrogen) atoms. The predicted octanol–water partition coefficient (Wildman–Crippen LogP) is 8.02. The number of H-pyrrole nitrogens is 2. The third-order valence-corrected chi connectivity index (χ3v) is 8.50. The van der Waals surface area contributed by atoms with Crippen LogP contribution in [0.1, 0.15) is 0 Å². The van der Waals surface area contributed by atoms with Crippen molar-refractivity contribution < 1.29 is 4.74 Å². The molecular weight excluding hydrogens is 560 g/mol. The van der Waals surface area contributed by atoms with Gasteiger partial charge in [0.25, 0.3) is 0 Å². The molecule has 0 saturated carbocycles. The highest BCUT2D eigenvalue weighted by Gasteiger charge is 2.18. The van der Waals surface area contributed by atoms with Crippen LogP contribution < -0.4 is 0 Å². The predicted molar refractivity (Wildman–Crippen MR) is 146 cm³/mol. The van der Waals surface area contributed by atoms with E-state index in [1.165, 1.54) is 0 Å². The minimum atomic E-state index is -1.14. The number of nitrogens with one attached hydrogen (secondary N) is 2. The largest absolute Gasteiger partial charge is 0.361 e. The van der Waals surface area contributed by atoms with Gasteiger partial charge in [0.2, 0.25) is 0 Å². The quantitative estimate of drug-likeness (QED) is 0.150. The fraction of sp³-hybridized carbons (Fsp3) is 0.240. The summed E-state index contributed by atoms with van der Waals surface area (Å²) in [5.74, 6) is 0.901. The molecule has 3 heterocycles. The maximum Gasteiger partial charge on any atom is 0.144 e. The number of ether oxygens (including phenoxy) is 1. The van der Waals surface area contributed by atoms with Gasteiger partial charge in [-0.15, -0.1) is 0 Å². The average Bonchev–Trinajstić information content (AvgIpc) is 3.45. The van der Waals surface area contributed by atoms with Gasteiger partial charge >= 0.3 is 0 Å². The molecule has 0 saturated heterocycles. The molecule has 0 spiro atoms. The van der Waals surface area contributed by atoms with Crippen molar-refractivity contribution in [1.29, 1.82) is 0 Å². The molecule has 2 aromatic carbocycles. The lowest BCUT2D eigenvalue weighted by Crippen LogP contribution is -2.22. The Labute approximate surface area is 210 Å². The van der Waals surface area contributed by atoms with Crippen LogP contribution in [0.25, 0.3) is 44.5 Å². The number of benzene rings is 2. The Balaban J connectivity index is 1.56. The second kappa shape index (κ2) is 8.90. The van der Waals surface area contributed by atoms with Crippen LogP contribution in [0.15, 0.2) is 63.9 Å². The Kier molecular flexibility index (Phi) is 6.11. The lowest BCUT2D eigenvalue weighted by Gasteiger charge is -2.16. The molecule has 0 aliphatic rings. The van der Waals surface area contributed by atoms with Gasteiger partial charge in [0.05, 0.1) is 5.69 Å². The van der Waals surface area contributed by atoms with E-state index in [9.17, 15) is 0 Å². The molecule has 2 N–H and O–H groups in total. The van der Waals surface area contributed by atoms with Crippen molar-refractivity contribution in [2.45, 2.75) is 32.4 Å². The number of hydrogen-bond donors (Lipinski definition) is 2. The summed E-state index contributed by atoms with van der Waals surface area (Å²) in [6.45, 7) is 8.36. The van der Waals surface area contributed by atoms with Crippen molar-refractivity contribution in [2.24, 2.45) is 0 Å². The maximum absolute atomic E-state index is 6.13. The van der Waals surface area contributed by atoms with Crippen LogP contribution in [0.5, 0.6) is 0 Å². The van der Waals surface area contributed by atoms with E-state index in [4.69, 9.17) is 9.72 Å². The summed E-state index contributed by atoms with van der Waals surface area (Å²) < 4.78 is 10.4. The maximum atomic E-state index is 6.13.